The molecule has 1 aromatic carbocycles. The van der Waals surface area contributed by atoms with Crippen molar-refractivity contribution in [3.63, 3.8) is 0 Å². The Balaban J connectivity index is 1.74. The molecule has 2 aromatic heterocycles. The maximum atomic E-state index is 13.1. The highest BCUT2D eigenvalue weighted by Crippen LogP contribution is 2.21. The van der Waals surface area contributed by atoms with E-state index in [1.807, 2.05) is 33.8 Å². The van der Waals surface area contributed by atoms with E-state index in [1.54, 1.807) is 0 Å². The molecule has 0 amide bonds. The molecule has 0 saturated carbocycles. The van der Waals surface area contributed by atoms with Crippen LogP contribution in [0.15, 0.2) is 42.9 Å². The number of rotatable bonds is 6. The SMILES string of the molecule is Cc1cc(C(=O)COC(=O)c2cncn2-c2ccc(F)cc2)c(C)n1C(C)C. The summed E-state index contributed by atoms with van der Waals surface area (Å²) in [5.74, 6) is -1.31. The number of ketones is 1. The molecule has 3 aromatic rings. The van der Waals surface area contributed by atoms with E-state index in [9.17, 15) is 14.0 Å². The fourth-order valence-electron chi connectivity index (χ4n) is 3.39. The van der Waals surface area contributed by atoms with Crippen molar-refractivity contribution in [3.8, 4) is 5.69 Å². The Labute approximate surface area is 162 Å². The number of halogens is 1. The van der Waals surface area contributed by atoms with Gasteiger partial charge in [-0.25, -0.2) is 14.2 Å². The zero-order chi connectivity index (χ0) is 20.4. The van der Waals surface area contributed by atoms with Crippen LogP contribution in [0.5, 0.6) is 0 Å². The van der Waals surface area contributed by atoms with Gasteiger partial charge >= 0.3 is 5.97 Å². The molecule has 0 aliphatic carbocycles. The number of carbonyl (C=O) groups excluding carboxylic acids is 2. The van der Waals surface area contributed by atoms with Crippen LogP contribution in [-0.2, 0) is 4.74 Å². The molecule has 2 heterocycles. The second kappa shape index (κ2) is 7.80. The molecule has 0 aliphatic rings. The predicted molar refractivity (Wildman–Crippen MR) is 102 cm³/mol. The summed E-state index contributed by atoms with van der Waals surface area (Å²) in [6.07, 6.45) is 2.78. The topological polar surface area (TPSA) is 66.1 Å². The first-order chi connectivity index (χ1) is 13.3. The minimum atomic E-state index is -0.673. The van der Waals surface area contributed by atoms with Crippen LogP contribution >= 0.6 is 0 Å². The zero-order valence-electron chi connectivity index (χ0n) is 16.3. The van der Waals surface area contributed by atoms with Crippen molar-refractivity contribution < 1.29 is 18.7 Å². The number of hydrogen-bond acceptors (Lipinski definition) is 4. The summed E-state index contributed by atoms with van der Waals surface area (Å²) in [6, 6.07) is 7.68. The van der Waals surface area contributed by atoms with Gasteiger partial charge in [-0.15, -0.1) is 0 Å². The molecule has 0 aliphatic heterocycles. The Morgan fingerprint density at radius 1 is 1.18 bits per heavy atom. The van der Waals surface area contributed by atoms with E-state index < -0.39 is 5.97 Å². The number of Topliss-reactive ketones (excluding diaryl/α,β-unsaturated/α-hetero) is 1. The monoisotopic (exact) mass is 383 g/mol. The Bertz CT molecular complexity index is 1020. The fourth-order valence-corrected chi connectivity index (χ4v) is 3.39. The quantitative estimate of drug-likeness (QED) is 0.476. The van der Waals surface area contributed by atoms with E-state index in [1.165, 1.54) is 41.4 Å². The van der Waals surface area contributed by atoms with Crippen LogP contribution in [0.25, 0.3) is 5.69 Å². The smallest absolute Gasteiger partial charge is 0.357 e. The highest BCUT2D eigenvalue weighted by atomic mass is 19.1. The van der Waals surface area contributed by atoms with Gasteiger partial charge in [0, 0.05) is 28.7 Å². The minimum absolute atomic E-state index is 0.159. The van der Waals surface area contributed by atoms with Crippen molar-refractivity contribution >= 4 is 11.8 Å². The van der Waals surface area contributed by atoms with Crippen molar-refractivity contribution in [2.45, 2.75) is 33.7 Å². The summed E-state index contributed by atoms with van der Waals surface area (Å²) < 4.78 is 21.9. The number of imidazole rings is 1. The molecule has 0 unspecified atom stereocenters. The number of benzene rings is 1. The Morgan fingerprint density at radius 2 is 1.86 bits per heavy atom. The third-order valence-electron chi connectivity index (χ3n) is 4.59. The van der Waals surface area contributed by atoms with Crippen LogP contribution < -0.4 is 0 Å². The van der Waals surface area contributed by atoms with Gasteiger partial charge in [0.2, 0.25) is 5.78 Å². The Morgan fingerprint density at radius 3 is 2.46 bits per heavy atom. The summed E-state index contributed by atoms with van der Waals surface area (Å²) in [5.41, 5.74) is 3.11. The third kappa shape index (κ3) is 3.74. The number of ether oxygens (including phenoxy) is 1. The van der Waals surface area contributed by atoms with E-state index in [2.05, 4.69) is 9.55 Å². The number of nitrogens with zero attached hydrogens (tertiary/aromatic N) is 3. The van der Waals surface area contributed by atoms with Gasteiger partial charge in [0.1, 0.15) is 5.82 Å². The molecule has 0 bridgehead atoms. The van der Waals surface area contributed by atoms with Crippen molar-refractivity contribution in [2.75, 3.05) is 6.61 Å². The summed E-state index contributed by atoms with van der Waals surface area (Å²) in [6.45, 7) is 7.55. The lowest BCUT2D eigenvalue weighted by Crippen LogP contribution is -2.17. The molecule has 0 N–H and O–H groups in total. The summed E-state index contributed by atoms with van der Waals surface area (Å²) in [7, 11) is 0. The molecule has 0 radical (unpaired) electrons. The van der Waals surface area contributed by atoms with Gasteiger partial charge in [-0.3, -0.25) is 9.36 Å². The molecule has 28 heavy (non-hydrogen) atoms. The van der Waals surface area contributed by atoms with Crippen molar-refractivity contribution in [1.82, 2.24) is 14.1 Å². The van der Waals surface area contributed by atoms with Gasteiger partial charge in [0.05, 0.1) is 12.5 Å². The summed E-state index contributed by atoms with van der Waals surface area (Å²) in [5, 5.41) is 0. The van der Waals surface area contributed by atoms with Gasteiger partial charge < -0.3 is 9.30 Å². The lowest BCUT2D eigenvalue weighted by atomic mass is 10.1. The molecule has 146 valence electrons. The summed E-state index contributed by atoms with van der Waals surface area (Å²) >= 11 is 0. The van der Waals surface area contributed by atoms with Crippen LogP contribution in [0, 0.1) is 19.7 Å². The van der Waals surface area contributed by atoms with Crippen LogP contribution in [-0.4, -0.2) is 32.5 Å². The van der Waals surface area contributed by atoms with E-state index in [-0.39, 0.29) is 29.9 Å². The third-order valence-corrected chi connectivity index (χ3v) is 4.59. The number of esters is 1. The van der Waals surface area contributed by atoms with Gasteiger partial charge in [0.15, 0.2) is 12.3 Å². The first-order valence-corrected chi connectivity index (χ1v) is 8.96. The minimum Gasteiger partial charge on any atom is -0.453 e. The maximum absolute atomic E-state index is 13.1. The molecule has 3 rings (SSSR count). The van der Waals surface area contributed by atoms with Crippen LogP contribution in [0.1, 0.15) is 52.1 Å². The molecule has 7 heteroatoms. The number of hydrogen-bond donors (Lipinski definition) is 0. The Hall–Kier alpha value is -3.22. The summed E-state index contributed by atoms with van der Waals surface area (Å²) in [4.78, 5) is 29.0. The van der Waals surface area contributed by atoms with Crippen molar-refractivity contribution in [3.05, 3.63) is 71.3 Å². The first-order valence-electron chi connectivity index (χ1n) is 8.96. The second-order valence-electron chi connectivity index (χ2n) is 6.87. The molecular weight excluding hydrogens is 361 g/mol. The zero-order valence-corrected chi connectivity index (χ0v) is 16.3. The number of aryl methyl sites for hydroxylation is 1. The normalized spacial score (nSPS) is 11.1. The van der Waals surface area contributed by atoms with E-state index >= 15 is 0 Å². The molecule has 6 nitrogen and oxygen atoms in total. The maximum Gasteiger partial charge on any atom is 0.357 e. The largest absolute Gasteiger partial charge is 0.453 e. The Kier molecular flexibility index (Phi) is 5.44. The number of aromatic nitrogens is 3. The molecule has 0 saturated heterocycles. The highest BCUT2D eigenvalue weighted by Gasteiger charge is 2.20. The average molecular weight is 383 g/mol. The highest BCUT2D eigenvalue weighted by molar-refractivity contribution is 6.00. The van der Waals surface area contributed by atoms with Gasteiger partial charge in [-0.05, 0) is 58.0 Å². The number of carbonyl (C=O) groups is 2. The van der Waals surface area contributed by atoms with E-state index in [0.717, 1.165) is 11.4 Å². The van der Waals surface area contributed by atoms with Gasteiger partial charge in [0.25, 0.3) is 0 Å². The van der Waals surface area contributed by atoms with Crippen molar-refractivity contribution in [2.24, 2.45) is 0 Å². The van der Waals surface area contributed by atoms with Crippen LogP contribution in [0.2, 0.25) is 0 Å². The van der Waals surface area contributed by atoms with Crippen LogP contribution in [0.3, 0.4) is 0 Å². The lowest BCUT2D eigenvalue weighted by molar-refractivity contribution is 0.0466. The predicted octanol–water partition coefficient (Wildman–Crippen LogP) is 4.05. The molecule has 0 atom stereocenters. The molecular formula is C21H22FN3O3. The molecule has 0 spiro atoms. The van der Waals surface area contributed by atoms with Gasteiger partial charge in [-0.2, -0.15) is 0 Å². The molecule has 0 fully saturated rings. The second-order valence-corrected chi connectivity index (χ2v) is 6.87. The van der Waals surface area contributed by atoms with E-state index in [0.29, 0.717) is 11.3 Å². The average Bonchev–Trinajstić information content (AvgIpc) is 3.24. The van der Waals surface area contributed by atoms with Crippen molar-refractivity contribution in [1.29, 1.82) is 0 Å². The fraction of sp³-hybridized carbons (Fsp3) is 0.286. The van der Waals surface area contributed by atoms with E-state index in [4.69, 9.17) is 4.74 Å². The van der Waals surface area contributed by atoms with Crippen LogP contribution in [0.4, 0.5) is 4.39 Å². The standard InChI is InChI=1S/C21H22FN3O3/c1-13(2)25-14(3)9-18(15(25)4)20(26)11-28-21(27)19-10-23-12-24(19)17-7-5-16(22)6-8-17/h5-10,12-13H,11H2,1-4H3. The van der Waals surface area contributed by atoms with Gasteiger partial charge in [-0.1, -0.05) is 0 Å². The first kappa shape index (κ1) is 19.5. The lowest BCUT2D eigenvalue weighted by Gasteiger charge is -2.13.